The average molecular weight is 317 g/mol. The van der Waals surface area contributed by atoms with Gasteiger partial charge >= 0.3 is 15.2 Å². The summed E-state index contributed by atoms with van der Waals surface area (Å²) in [7, 11) is -9.81. The maximum atomic E-state index is 11.7. The van der Waals surface area contributed by atoms with E-state index >= 15 is 0 Å². The van der Waals surface area contributed by atoms with Gasteiger partial charge in [0.25, 0.3) is 0 Å². The molecular weight excluding hydrogens is 300 g/mol. The molecule has 1 aliphatic heterocycles. The molecule has 2 fully saturated rings. The van der Waals surface area contributed by atoms with Crippen LogP contribution >= 0.6 is 27.8 Å². The predicted octanol–water partition coefficient (Wildman–Crippen LogP) is 0.313. The molecule has 0 amide bonds. The third-order valence-corrected chi connectivity index (χ3v) is 9.23. The second kappa shape index (κ2) is 4.57. The first-order valence-electron chi connectivity index (χ1n) is 5.62. The maximum Gasteiger partial charge on any atom is 0.344 e. The third kappa shape index (κ3) is 2.13. The van der Waals surface area contributed by atoms with Crippen LogP contribution in [0, 0.1) is 11.8 Å². The standard InChI is InChI=1S/C8H17NO6P2S/c10-16(11,12)8(17(13,14)15)2-1-5-4-9-7(18)3-6(5)8/h5-7,9,18H,1-4H2,(H2,10,11,12)(H2,13,14,15). The van der Waals surface area contributed by atoms with E-state index in [0.29, 0.717) is 13.0 Å². The SMILES string of the molecule is O=P(O)(O)C1(P(=O)(O)O)CCC2CNC(S)CC21. The fraction of sp³-hybridized carbons (Fsp3) is 1.00. The van der Waals surface area contributed by atoms with Crippen molar-refractivity contribution in [1.82, 2.24) is 5.32 Å². The molecule has 5 N–H and O–H groups in total. The Labute approximate surface area is 110 Å². The highest BCUT2D eigenvalue weighted by atomic mass is 32.1. The van der Waals surface area contributed by atoms with Gasteiger partial charge in [-0.1, -0.05) is 0 Å². The molecule has 1 saturated heterocycles. The number of hydrogen-bond donors (Lipinski definition) is 6. The maximum absolute atomic E-state index is 11.7. The topological polar surface area (TPSA) is 127 Å². The number of rotatable bonds is 2. The second-order valence-corrected chi connectivity index (χ2v) is 9.78. The molecule has 2 aliphatic rings. The summed E-state index contributed by atoms with van der Waals surface area (Å²) >= 11 is 4.20. The van der Waals surface area contributed by atoms with Gasteiger partial charge in [-0.05, 0) is 37.6 Å². The van der Waals surface area contributed by atoms with Gasteiger partial charge in [-0.2, -0.15) is 12.6 Å². The molecule has 0 bridgehead atoms. The molecule has 0 aromatic carbocycles. The third-order valence-electron chi connectivity index (χ3n) is 4.15. The van der Waals surface area contributed by atoms with Crippen molar-refractivity contribution >= 4 is 27.8 Å². The van der Waals surface area contributed by atoms with Gasteiger partial charge in [-0.25, -0.2) is 0 Å². The van der Waals surface area contributed by atoms with Crippen LogP contribution in [0.5, 0.6) is 0 Å². The summed E-state index contributed by atoms with van der Waals surface area (Å²) in [6.45, 7) is 0.487. The zero-order valence-corrected chi connectivity index (χ0v) is 12.2. The van der Waals surface area contributed by atoms with Crippen LogP contribution in [0.1, 0.15) is 19.3 Å². The van der Waals surface area contributed by atoms with E-state index in [9.17, 15) is 28.7 Å². The molecule has 18 heavy (non-hydrogen) atoms. The van der Waals surface area contributed by atoms with Crippen molar-refractivity contribution in [3.63, 3.8) is 0 Å². The minimum absolute atomic E-state index is 0.117. The monoisotopic (exact) mass is 317 g/mol. The first kappa shape index (κ1) is 15.0. The lowest BCUT2D eigenvalue weighted by atomic mass is 9.89. The summed E-state index contributed by atoms with van der Waals surface area (Å²) in [6, 6.07) is 0. The van der Waals surface area contributed by atoms with Crippen molar-refractivity contribution < 1.29 is 28.7 Å². The van der Waals surface area contributed by atoms with E-state index in [2.05, 4.69) is 17.9 Å². The molecule has 3 atom stereocenters. The first-order chi connectivity index (χ1) is 8.09. The van der Waals surface area contributed by atoms with Crippen LogP contribution < -0.4 is 5.32 Å². The molecule has 0 aromatic heterocycles. The van der Waals surface area contributed by atoms with Crippen molar-refractivity contribution in [2.24, 2.45) is 11.8 Å². The van der Waals surface area contributed by atoms with E-state index in [-0.39, 0.29) is 24.1 Å². The molecule has 1 aliphatic carbocycles. The van der Waals surface area contributed by atoms with Crippen LogP contribution in [0.2, 0.25) is 0 Å². The molecule has 0 aromatic rings. The normalized spacial score (nSPS) is 36.4. The van der Waals surface area contributed by atoms with Gasteiger partial charge in [0.15, 0.2) is 4.90 Å². The second-order valence-electron chi connectivity index (χ2n) is 5.03. The molecule has 0 spiro atoms. The molecule has 1 saturated carbocycles. The smallest absolute Gasteiger partial charge is 0.324 e. The quantitative estimate of drug-likeness (QED) is 0.320. The predicted molar refractivity (Wildman–Crippen MR) is 68.4 cm³/mol. The fourth-order valence-electron chi connectivity index (χ4n) is 3.29. The Hall–Kier alpha value is 0.610. The number of nitrogens with one attached hydrogen (secondary N) is 1. The fourth-order valence-corrected chi connectivity index (χ4v) is 7.32. The van der Waals surface area contributed by atoms with E-state index < -0.39 is 26.0 Å². The highest BCUT2D eigenvalue weighted by Gasteiger charge is 2.69. The van der Waals surface area contributed by atoms with E-state index in [1.807, 2.05) is 0 Å². The minimum Gasteiger partial charge on any atom is -0.324 e. The molecular formula is C8H17NO6P2S. The number of piperidine rings is 1. The number of thiol groups is 1. The van der Waals surface area contributed by atoms with Gasteiger partial charge in [-0.3, -0.25) is 9.13 Å². The lowest BCUT2D eigenvalue weighted by Crippen LogP contribution is -2.46. The van der Waals surface area contributed by atoms with Gasteiger partial charge in [0, 0.05) is 0 Å². The Morgan fingerprint density at radius 3 is 2.22 bits per heavy atom. The first-order valence-corrected chi connectivity index (χ1v) is 9.36. The molecule has 1 heterocycles. The highest BCUT2D eigenvalue weighted by Crippen LogP contribution is 2.78. The van der Waals surface area contributed by atoms with Gasteiger partial charge in [0.1, 0.15) is 0 Å². The van der Waals surface area contributed by atoms with E-state index in [1.54, 1.807) is 0 Å². The van der Waals surface area contributed by atoms with Crippen molar-refractivity contribution in [2.75, 3.05) is 6.54 Å². The van der Waals surface area contributed by atoms with E-state index in [1.165, 1.54) is 0 Å². The Bertz CT molecular complexity index is 411. The number of fused-ring (bicyclic) bond motifs is 1. The molecule has 106 valence electrons. The molecule has 0 radical (unpaired) electrons. The summed E-state index contributed by atoms with van der Waals surface area (Å²) in [5.74, 6) is -0.809. The Balaban J connectivity index is 2.49. The van der Waals surface area contributed by atoms with Crippen LogP contribution in [0.15, 0.2) is 0 Å². The zero-order valence-electron chi connectivity index (χ0n) is 9.51. The minimum atomic E-state index is -4.91. The lowest BCUT2D eigenvalue weighted by Gasteiger charge is -2.41. The molecule has 2 rings (SSSR count). The Morgan fingerprint density at radius 1 is 1.17 bits per heavy atom. The van der Waals surface area contributed by atoms with Crippen molar-refractivity contribution in [2.45, 2.75) is 29.5 Å². The summed E-state index contributed by atoms with van der Waals surface area (Å²) in [6.07, 6.45) is 0.525. The molecule has 3 unspecified atom stereocenters. The van der Waals surface area contributed by atoms with Crippen LogP contribution in [-0.2, 0) is 9.13 Å². The van der Waals surface area contributed by atoms with Crippen LogP contribution in [0.25, 0.3) is 0 Å². The van der Waals surface area contributed by atoms with Crippen molar-refractivity contribution in [3.05, 3.63) is 0 Å². The van der Waals surface area contributed by atoms with E-state index in [0.717, 1.165) is 0 Å². The lowest BCUT2D eigenvalue weighted by molar-refractivity contribution is 0.226. The van der Waals surface area contributed by atoms with Gasteiger partial charge < -0.3 is 24.9 Å². The molecule has 7 nitrogen and oxygen atoms in total. The number of hydrogen-bond acceptors (Lipinski definition) is 4. The zero-order chi connectivity index (χ0) is 13.8. The summed E-state index contributed by atoms with van der Waals surface area (Å²) in [4.78, 5) is 35.8. The Kier molecular flexibility index (Phi) is 3.81. The van der Waals surface area contributed by atoms with Gasteiger partial charge in [0.2, 0.25) is 0 Å². The largest absolute Gasteiger partial charge is 0.344 e. The summed E-state index contributed by atoms with van der Waals surface area (Å²) in [5, 5.41) is 2.76. The van der Waals surface area contributed by atoms with Gasteiger partial charge in [0.05, 0.1) is 5.37 Å². The van der Waals surface area contributed by atoms with Gasteiger partial charge in [-0.15, -0.1) is 0 Å². The van der Waals surface area contributed by atoms with Crippen molar-refractivity contribution in [1.29, 1.82) is 0 Å². The van der Waals surface area contributed by atoms with Crippen LogP contribution in [0.3, 0.4) is 0 Å². The average Bonchev–Trinajstić information content (AvgIpc) is 2.54. The van der Waals surface area contributed by atoms with Crippen LogP contribution in [0.4, 0.5) is 0 Å². The highest BCUT2D eigenvalue weighted by molar-refractivity contribution is 7.80. The van der Waals surface area contributed by atoms with Crippen molar-refractivity contribution in [3.8, 4) is 0 Å². The summed E-state index contributed by atoms with van der Waals surface area (Å²) in [5.41, 5.74) is 0. The van der Waals surface area contributed by atoms with E-state index in [4.69, 9.17) is 0 Å². The van der Waals surface area contributed by atoms with Crippen LogP contribution in [-0.4, -0.2) is 36.4 Å². The Morgan fingerprint density at radius 2 is 1.72 bits per heavy atom. The molecule has 10 heteroatoms. The summed E-state index contributed by atoms with van der Waals surface area (Å²) < 4.78 is 23.4.